The maximum absolute atomic E-state index is 12.2. The Morgan fingerprint density at radius 1 is 1.17 bits per heavy atom. The first-order valence-electron chi connectivity index (χ1n) is 7.62. The molecule has 1 aromatic carbocycles. The average Bonchev–Trinajstić information content (AvgIpc) is 2.75. The Hall–Kier alpha value is -1.89. The van der Waals surface area contributed by atoms with Crippen LogP contribution in [0.4, 0.5) is 4.79 Å². The summed E-state index contributed by atoms with van der Waals surface area (Å²) in [6, 6.07) is 9.37. The molecule has 0 aliphatic carbocycles. The van der Waals surface area contributed by atoms with Crippen LogP contribution in [0.1, 0.15) is 24.8 Å². The molecular formula is C16H19NO5S. The van der Waals surface area contributed by atoms with Gasteiger partial charge in [-0.25, -0.2) is 13.2 Å². The summed E-state index contributed by atoms with van der Waals surface area (Å²) in [6.45, 7) is 0.804. The van der Waals surface area contributed by atoms with Gasteiger partial charge in [0.2, 0.25) is 0 Å². The minimum atomic E-state index is -3.39. The average molecular weight is 337 g/mol. The number of piperidine rings is 1. The van der Waals surface area contributed by atoms with E-state index in [1.54, 1.807) is 0 Å². The Morgan fingerprint density at radius 2 is 1.83 bits per heavy atom. The molecule has 23 heavy (non-hydrogen) atoms. The molecule has 1 amide bonds. The Balaban J connectivity index is 1.57. The summed E-state index contributed by atoms with van der Waals surface area (Å²) in [7, 11) is -3.39. The highest BCUT2D eigenvalue weighted by molar-refractivity contribution is 7.94. The smallest absolute Gasteiger partial charge is 0.410 e. The highest BCUT2D eigenvalue weighted by atomic mass is 32.2. The van der Waals surface area contributed by atoms with Gasteiger partial charge in [-0.15, -0.1) is 0 Å². The summed E-state index contributed by atoms with van der Waals surface area (Å²) in [5.74, 6) is -0.573. The molecule has 2 fully saturated rings. The second kappa shape index (κ2) is 5.96. The number of hydrogen-bond acceptors (Lipinski definition) is 5. The van der Waals surface area contributed by atoms with Crippen LogP contribution in [0.25, 0.3) is 0 Å². The Labute approximate surface area is 135 Å². The van der Waals surface area contributed by atoms with Crippen molar-refractivity contribution in [2.24, 2.45) is 0 Å². The number of benzene rings is 1. The molecule has 0 unspecified atom stereocenters. The number of nitrogens with zero attached hydrogens (tertiary/aromatic N) is 1. The number of likely N-dealkylation sites (tertiary alicyclic amines) is 1. The van der Waals surface area contributed by atoms with Crippen molar-refractivity contribution in [1.29, 1.82) is 0 Å². The van der Waals surface area contributed by atoms with E-state index in [1.165, 1.54) is 4.90 Å². The van der Waals surface area contributed by atoms with Gasteiger partial charge < -0.3 is 9.64 Å². The number of sulfone groups is 1. The van der Waals surface area contributed by atoms with Crippen molar-refractivity contribution < 1.29 is 22.7 Å². The molecule has 2 aliphatic rings. The van der Waals surface area contributed by atoms with E-state index in [2.05, 4.69) is 0 Å². The topological polar surface area (TPSA) is 80.8 Å². The molecule has 124 valence electrons. The summed E-state index contributed by atoms with van der Waals surface area (Å²) in [5.41, 5.74) is 0.901. The fourth-order valence-corrected chi connectivity index (χ4v) is 5.30. The monoisotopic (exact) mass is 337 g/mol. The number of Topliss-reactive ketones (excluding diaryl/α,β-unsaturated/α-hetero) is 1. The maximum atomic E-state index is 12.2. The Kier molecular flexibility index (Phi) is 4.14. The van der Waals surface area contributed by atoms with Crippen LogP contribution in [-0.2, 0) is 26.0 Å². The quantitative estimate of drug-likeness (QED) is 0.818. The zero-order chi connectivity index (χ0) is 16.5. The number of ether oxygens (including phenoxy) is 1. The molecule has 0 bridgehead atoms. The van der Waals surface area contributed by atoms with Crippen molar-refractivity contribution in [3.8, 4) is 0 Å². The fraction of sp³-hybridized carbons (Fsp3) is 0.500. The van der Waals surface area contributed by atoms with Crippen LogP contribution < -0.4 is 0 Å². The molecule has 6 nitrogen and oxygen atoms in total. The van der Waals surface area contributed by atoms with Gasteiger partial charge in [0.05, 0.1) is 4.75 Å². The molecule has 7 heteroatoms. The first-order valence-corrected chi connectivity index (χ1v) is 9.27. The summed E-state index contributed by atoms with van der Waals surface area (Å²) in [6.07, 6.45) is 0.260. The van der Waals surface area contributed by atoms with Gasteiger partial charge in [0, 0.05) is 19.5 Å². The van der Waals surface area contributed by atoms with E-state index >= 15 is 0 Å². The number of rotatable bonds is 2. The predicted molar refractivity (Wildman–Crippen MR) is 83.6 cm³/mol. The lowest BCUT2D eigenvalue weighted by atomic mass is 9.91. The van der Waals surface area contributed by atoms with Crippen LogP contribution in [0.15, 0.2) is 30.3 Å². The van der Waals surface area contributed by atoms with Crippen molar-refractivity contribution >= 4 is 21.7 Å². The zero-order valence-corrected chi connectivity index (χ0v) is 13.5. The normalized spacial score (nSPS) is 22.3. The van der Waals surface area contributed by atoms with Gasteiger partial charge in [0.15, 0.2) is 9.84 Å². The van der Waals surface area contributed by atoms with Crippen molar-refractivity contribution in [2.75, 3.05) is 18.8 Å². The van der Waals surface area contributed by atoms with E-state index in [9.17, 15) is 18.0 Å². The van der Waals surface area contributed by atoms with Crippen LogP contribution in [0.2, 0.25) is 0 Å². The van der Waals surface area contributed by atoms with Crippen LogP contribution in [0.5, 0.6) is 0 Å². The minimum Gasteiger partial charge on any atom is -0.445 e. The van der Waals surface area contributed by atoms with Gasteiger partial charge in [0.25, 0.3) is 0 Å². The molecule has 2 saturated heterocycles. The first kappa shape index (κ1) is 16.0. The van der Waals surface area contributed by atoms with Crippen molar-refractivity contribution in [3.63, 3.8) is 0 Å². The van der Waals surface area contributed by atoms with Crippen LogP contribution in [0, 0.1) is 0 Å². The van der Waals surface area contributed by atoms with Gasteiger partial charge >= 0.3 is 6.09 Å². The molecule has 0 N–H and O–H groups in total. The molecule has 1 spiro atoms. The van der Waals surface area contributed by atoms with Crippen molar-refractivity contribution in [2.45, 2.75) is 30.6 Å². The summed E-state index contributed by atoms with van der Waals surface area (Å²) < 4.78 is 28.7. The lowest BCUT2D eigenvalue weighted by Crippen LogP contribution is -2.49. The molecule has 3 rings (SSSR count). The second-order valence-corrected chi connectivity index (χ2v) is 8.57. The highest BCUT2D eigenvalue weighted by Crippen LogP contribution is 2.39. The van der Waals surface area contributed by atoms with Gasteiger partial charge in [-0.2, -0.15) is 0 Å². The van der Waals surface area contributed by atoms with E-state index in [1.807, 2.05) is 30.3 Å². The number of carbonyl (C=O) groups excluding carboxylic acids is 2. The number of hydrogen-bond donors (Lipinski definition) is 0. The number of carbonyl (C=O) groups is 2. The summed E-state index contributed by atoms with van der Waals surface area (Å²) in [5, 5.41) is 0. The summed E-state index contributed by atoms with van der Waals surface area (Å²) >= 11 is 0. The van der Waals surface area contributed by atoms with Crippen LogP contribution in [0.3, 0.4) is 0 Å². The molecule has 0 atom stereocenters. The second-order valence-electron chi connectivity index (χ2n) is 6.18. The van der Waals surface area contributed by atoms with E-state index < -0.39 is 20.7 Å². The predicted octanol–water partition coefficient (Wildman–Crippen LogP) is 1.55. The molecular weight excluding hydrogens is 318 g/mol. The van der Waals surface area contributed by atoms with Crippen LogP contribution >= 0.6 is 0 Å². The number of amides is 1. The molecule has 0 radical (unpaired) electrons. The van der Waals surface area contributed by atoms with E-state index in [0.717, 1.165) is 5.56 Å². The lowest BCUT2D eigenvalue weighted by molar-refractivity contribution is -0.116. The third kappa shape index (κ3) is 3.10. The van der Waals surface area contributed by atoms with E-state index in [0.29, 0.717) is 25.9 Å². The SMILES string of the molecule is O=C1CC2(CCN(C(=O)OCc3ccccc3)CC2)S(=O)(=O)C1. The number of ketones is 1. The van der Waals surface area contributed by atoms with Crippen molar-refractivity contribution in [1.82, 2.24) is 4.90 Å². The van der Waals surface area contributed by atoms with E-state index in [-0.39, 0.29) is 24.6 Å². The molecule has 2 aliphatic heterocycles. The molecule has 0 aromatic heterocycles. The Bertz CT molecular complexity index is 705. The third-order valence-electron chi connectivity index (χ3n) is 4.67. The van der Waals surface area contributed by atoms with Gasteiger partial charge in [-0.1, -0.05) is 30.3 Å². The van der Waals surface area contributed by atoms with Gasteiger partial charge in [0.1, 0.15) is 18.1 Å². The third-order valence-corrected chi connectivity index (χ3v) is 7.24. The zero-order valence-electron chi connectivity index (χ0n) is 12.7. The molecule has 2 heterocycles. The lowest BCUT2D eigenvalue weighted by Gasteiger charge is -2.37. The summed E-state index contributed by atoms with van der Waals surface area (Å²) in [4.78, 5) is 25.1. The van der Waals surface area contributed by atoms with Gasteiger partial charge in [-0.3, -0.25) is 4.79 Å². The van der Waals surface area contributed by atoms with E-state index in [4.69, 9.17) is 4.74 Å². The highest BCUT2D eigenvalue weighted by Gasteiger charge is 2.53. The van der Waals surface area contributed by atoms with Gasteiger partial charge in [-0.05, 0) is 18.4 Å². The molecule has 1 aromatic rings. The maximum Gasteiger partial charge on any atom is 0.410 e. The van der Waals surface area contributed by atoms with Crippen LogP contribution in [-0.4, -0.2) is 48.8 Å². The minimum absolute atomic E-state index is 0.0856. The standard InChI is InChI=1S/C16H19NO5S/c18-14-10-16(23(20,21)12-14)6-8-17(9-7-16)15(19)22-11-13-4-2-1-3-5-13/h1-5H,6-12H2. The Morgan fingerprint density at radius 3 is 2.39 bits per heavy atom. The first-order chi connectivity index (χ1) is 10.9. The van der Waals surface area contributed by atoms with Crippen molar-refractivity contribution in [3.05, 3.63) is 35.9 Å². The molecule has 0 saturated carbocycles. The largest absolute Gasteiger partial charge is 0.445 e. The fourth-order valence-electron chi connectivity index (χ4n) is 3.28.